The lowest BCUT2D eigenvalue weighted by molar-refractivity contribution is -0.135. The van der Waals surface area contributed by atoms with E-state index in [4.69, 9.17) is 4.74 Å². The first-order valence-corrected chi connectivity index (χ1v) is 13.7. The molecule has 3 rings (SSSR count). The molecule has 2 heterocycles. The summed E-state index contributed by atoms with van der Waals surface area (Å²) in [4.78, 5) is 52.7. The number of ether oxygens (including phenoxy) is 1. The Morgan fingerprint density at radius 1 is 1.03 bits per heavy atom. The fourth-order valence-electron chi connectivity index (χ4n) is 5.09. The number of imide groups is 1. The van der Waals surface area contributed by atoms with Crippen LogP contribution in [0.25, 0.3) is 0 Å². The molecule has 2 aliphatic rings. The number of carbonyl (C=O) groups excluding carboxylic acids is 4. The number of hydrogen-bond donors (Lipinski definition) is 1. The van der Waals surface area contributed by atoms with E-state index in [2.05, 4.69) is 5.32 Å². The van der Waals surface area contributed by atoms with E-state index in [1.165, 1.54) is 5.56 Å². The molecule has 37 heavy (non-hydrogen) atoms. The summed E-state index contributed by atoms with van der Waals surface area (Å²) in [5.74, 6) is -0.494. The Morgan fingerprint density at radius 3 is 2.41 bits per heavy atom. The van der Waals surface area contributed by atoms with E-state index >= 15 is 0 Å². The van der Waals surface area contributed by atoms with Crippen LogP contribution < -0.4 is 5.32 Å². The summed E-state index contributed by atoms with van der Waals surface area (Å²) in [5.41, 5.74) is 0.747. The van der Waals surface area contributed by atoms with Crippen molar-refractivity contribution in [2.45, 2.75) is 90.6 Å². The fourth-order valence-corrected chi connectivity index (χ4v) is 5.09. The van der Waals surface area contributed by atoms with Crippen LogP contribution in [0.5, 0.6) is 0 Å². The van der Waals surface area contributed by atoms with Gasteiger partial charge in [-0.25, -0.2) is 4.79 Å². The van der Waals surface area contributed by atoms with Gasteiger partial charge in [0.05, 0.1) is 5.41 Å². The van der Waals surface area contributed by atoms with Crippen LogP contribution in [0.15, 0.2) is 24.3 Å². The molecule has 1 aromatic rings. The standard InChI is InChI=1S/C29H43N3O5/c1-28(2,3)37-27(36)31(4)19-9-7-5-6-8-11-22-13-15-23(16-14-22)25(34)32-20-18-29(21-32)17-10-12-24(33)30-26(29)35/h13-16H,5-12,17-21H2,1-4H3,(H,30,33,35). The first kappa shape index (κ1) is 28.7. The normalized spacial score (nSPS) is 20.1. The van der Waals surface area contributed by atoms with Crippen LogP contribution in [0, 0.1) is 5.41 Å². The Labute approximate surface area is 221 Å². The highest BCUT2D eigenvalue weighted by Crippen LogP contribution is 2.38. The SMILES string of the molecule is CN(CCCCCCCc1ccc(C(=O)N2CCC3(CCCC(=O)NC3=O)C2)cc1)C(=O)OC(C)(C)C. The third kappa shape index (κ3) is 8.30. The molecule has 204 valence electrons. The molecule has 2 aliphatic heterocycles. The van der Waals surface area contributed by atoms with Crippen LogP contribution in [-0.2, 0) is 20.7 Å². The van der Waals surface area contributed by atoms with E-state index in [1.807, 2.05) is 45.0 Å². The van der Waals surface area contributed by atoms with Crippen LogP contribution in [0.1, 0.15) is 94.5 Å². The molecule has 0 bridgehead atoms. The molecule has 0 aliphatic carbocycles. The van der Waals surface area contributed by atoms with Gasteiger partial charge < -0.3 is 14.5 Å². The lowest BCUT2D eigenvalue weighted by Crippen LogP contribution is -2.43. The van der Waals surface area contributed by atoms with Crippen molar-refractivity contribution in [3.63, 3.8) is 0 Å². The summed E-state index contributed by atoms with van der Waals surface area (Å²) in [5, 5.41) is 2.50. The average molecular weight is 514 g/mol. The summed E-state index contributed by atoms with van der Waals surface area (Å²) in [6.45, 7) is 7.23. The summed E-state index contributed by atoms with van der Waals surface area (Å²) in [7, 11) is 1.78. The molecule has 1 unspecified atom stereocenters. The average Bonchev–Trinajstić information content (AvgIpc) is 3.22. The molecule has 0 aromatic heterocycles. The highest BCUT2D eigenvalue weighted by molar-refractivity contribution is 6.00. The van der Waals surface area contributed by atoms with Crippen molar-refractivity contribution in [1.82, 2.24) is 15.1 Å². The highest BCUT2D eigenvalue weighted by atomic mass is 16.6. The number of aryl methyl sites for hydroxylation is 1. The van der Waals surface area contributed by atoms with Gasteiger partial charge in [0.2, 0.25) is 11.8 Å². The van der Waals surface area contributed by atoms with E-state index in [0.29, 0.717) is 50.9 Å². The Morgan fingerprint density at radius 2 is 1.70 bits per heavy atom. The molecule has 4 amide bonds. The first-order chi connectivity index (χ1) is 17.5. The number of likely N-dealkylation sites (tertiary alicyclic amines) is 1. The van der Waals surface area contributed by atoms with Gasteiger partial charge in [0.25, 0.3) is 5.91 Å². The minimum atomic E-state index is -0.632. The minimum absolute atomic E-state index is 0.0526. The Bertz CT molecular complexity index is 969. The Balaban J connectivity index is 1.35. The number of carbonyl (C=O) groups is 4. The number of hydrogen-bond acceptors (Lipinski definition) is 5. The fraction of sp³-hybridized carbons (Fsp3) is 0.655. The second-order valence-corrected chi connectivity index (χ2v) is 11.6. The predicted molar refractivity (Wildman–Crippen MR) is 142 cm³/mol. The van der Waals surface area contributed by atoms with E-state index in [0.717, 1.165) is 38.5 Å². The quantitative estimate of drug-likeness (QED) is 0.381. The van der Waals surface area contributed by atoms with Gasteiger partial charge >= 0.3 is 6.09 Å². The summed E-state index contributed by atoms with van der Waals surface area (Å²) >= 11 is 0. The van der Waals surface area contributed by atoms with Gasteiger partial charge in [-0.3, -0.25) is 19.7 Å². The van der Waals surface area contributed by atoms with Crippen LogP contribution in [-0.4, -0.2) is 65.9 Å². The molecule has 8 nitrogen and oxygen atoms in total. The molecule has 2 saturated heterocycles. The molecule has 8 heteroatoms. The lowest BCUT2D eigenvalue weighted by atomic mass is 9.82. The van der Waals surface area contributed by atoms with E-state index < -0.39 is 11.0 Å². The van der Waals surface area contributed by atoms with Crippen molar-refractivity contribution < 1.29 is 23.9 Å². The van der Waals surface area contributed by atoms with Crippen LogP contribution >= 0.6 is 0 Å². The molecule has 2 fully saturated rings. The lowest BCUT2D eigenvalue weighted by Gasteiger charge is -2.25. The number of nitrogens with zero attached hydrogens (tertiary/aromatic N) is 2. The van der Waals surface area contributed by atoms with Crippen molar-refractivity contribution in [2.75, 3.05) is 26.7 Å². The maximum atomic E-state index is 13.1. The minimum Gasteiger partial charge on any atom is -0.444 e. The Hall–Kier alpha value is -2.90. The van der Waals surface area contributed by atoms with Crippen LogP contribution in [0.4, 0.5) is 4.79 Å². The maximum Gasteiger partial charge on any atom is 0.410 e. The van der Waals surface area contributed by atoms with Crippen molar-refractivity contribution >= 4 is 23.8 Å². The number of nitrogens with one attached hydrogen (secondary N) is 1. The predicted octanol–water partition coefficient (Wildman–Crippen LogP) is 4.71. The molecule has 1 N–H and O–H groups in total. The number of benzene rings is 1. The summed E-state index contributed by atoms with van der Waals surface area (Å²) in [6, 6.07) is 7.80. The van der Waals surface area contributed by atoms with E-state index in [-0.39, 0.29) is 23.8 Å². The molecular weight excluding hydrogens is 470 g/mol. The Kier molecular flexibility index (Phi) is 9.74. The topological polar surface area (TPSA) is 96.0 Å². The zero-order valence-corrected chi connectivity index (χ0v) is 22.9. The second kappa shape index (κ2) is 12.6. The van der Waals surface area contributed by atoms with Crippen molar-refractivity contribution in [2.24, 2.45) is 5.41 Å². The smallest absolute Gasteiger partial charge is 0.410 e. The number of unbranched alkanes of at least 4 members (excludes halogenated alkanes) is 4. The van der Waals surface area contributed by atoms with Gasteiger partial charge in [-0.05, 0) is 77.0 Å². The second-order valence-electron chi connectivity index (χ2n) is 11.6. The van der Waals surface area contributed by atoms with Gasteiger partial charge in [-0.15, -0.1) is 0 Å². The zero-order chi connectivity index (χ0) is 27.1. The van der Waals surface area contributed by atoms with Gasteiger partial charge in [0.15, 0.2) is 0 Å². The van der Waals surface area contributed by atoms with Gasteiger partial charge in [0, 0.05) is 38.7 Å². The van der Waals surface area contributed by atoms with E-state index in [9.17, 15) is 19.2 Å². The third-order valence-electron chi connectivity index (χ3n) is 7.30. The molecule has 1 spiro atoms. The maximum absolute atomic E-state index is 13.1. The van der Waals surface area contributed by atoms with E-state index in [1.54, 1.807) is 16.8 Å². The highest BCUT2D eigenvalue weighted by Gasteiger charge is 2.47. The number of amides is 4. The first-order valence-electron chi connectivity index (χ1n) is 13.7. The van der Waals surface area contributed by atoms with Crippen LogP contribution in [0.2, 0.25) is 0 Å². The molecule has 1 aromatic carbocycles. The molecule has 0 radical (unpaired) electrons. The monoisotopic (exact) mass is 513 g/mol. The van der Waals surface area contributed by atoms with Crippen molar-refractivity contribution in [3.8, 4) is 0 Å². The summed E-state index contributed by atoms with van der Waals surface area (Å²) in [6.07, 6.45) is 8.35. The van der Waals surface area contributed by atoms with Crippen LogP contribution in [0.3, 0.4) is 0 Å². The largest absolute Gasteiger partial charge is 0.444 e. The third-order valence-corrected chi connectivity index (χ3v) is 7.30. The van der Waals surface area contributed by atoms with Crippen molar-refractivity contribution in [3.05, 3.63) is 35.4 Å². The van der Waals surface area contributed by atoms with Gasteiger partial charge in [-0.1, -0.05) is 31.4 Å². The van der Waals surface area contributed by atoms with Gasteiger partial charge in [0.1, 0.15) is 5.60 Å². The molecule has 0 saturated carbocycles. The van der Waals surface area contributed by atoms with Crippen molar-refractivity contribution in [1.29, 1.82) is 0 Å². The summed E-state index contributed by atoms with van der Waals surface area (Å²) < 4.78 is 5.37. The number of rotatable bonds is 9. The zero-order valence-electron chi connectivity index (χ0n) is 22.9. The molecular formula is C29H43N3O5. The molecule has 1 atom stereocenters. The van der Waals surface area contributed by atoms with Gasteiger partial charge in [-0.2, -0.15) is 0 Å².